The fourth-order valence-corrected chi connectivity index (χ4v) is 1.84. The van der Waals surface area contributed by atoms with Crippen LogP contribution in [-0.4, -0.2) is 42.6 Å². The third-order valence-corrected chi connectivity index (χ3v) is 2.67. The van der Waals surface area contributed by atoms with Gasteiger partial charge in [0.2, 0.25) is 0 Å². The molecular weight excluding hydrogens is 190 g/mol. The number of amides is 2. The molecule has 2 amide bonds. The molecule has 0 bridgehead atoms. The lowest BCUT2D eigenvalue weighted by Crippen LogP contribution is -2.41. The van der Waals surface area contributed by atoms with Crippen molar-refractivity contribution in [2.75, 3.05) is 19.6 Å². The van der Waals surface area contributed by atoms with Crippen molar-refractivity contribution >= 4 is 6.03 Å². The fourth-order valence-electron chi connectivity index (χ4n) is 1.84. The van der Waals surface area contributed by atoms with E-state index < -0.39 is 0 Å². The maximum Gasteiger partial charge on any atom is 0.317 e. The van der Waals surface area contributed by atoms with Gasteiger partial charge in [0.15, 0.2) is 0 Å². The quantitative estimate of drug-likeness (QED) is 0.651. The maximum atomic E-state index is 11.4. The van der Waals surface area contributed by atoms with Crippen LogP contribution in [0.5, 0.6) is 0 Å². The lowest BCUT2D eigenvalue weighted by Gasteiger charge is -2.20. The van der Waals surface area contributed by atoms with Gasteiger partial charge in [-0.2, -0.15) is 0 Å². The van der Waals surface area contributed by atoms with E-state index in [0.29, 0.717) is 12.1 Å². The first-order chi connectivity index (χ1) is 7.13. The van der Waals surface area contributed by atoms with E-state index in [9.17, 15) is 4.79 Å². The summed E-state index contributed by atoms with van der Waals surface area (Å²) in [5.41, 5.74) is 0. The average molecular weight is 213 g/mol. The van der Waals surface area contributed by atoms with Crippen LogP contribution in [0.4, 0.5) is 4.79 Å². The standard InChI is InChI=1S/C11H23N3O/c1-4-5-6-12-9(2)7-14-8-10(3)13-11(14)15/h9-10,12H,4-8H2,1-3H3,(H,13,15). The van der Waals surface area contributed by atoms with Gasteiger partial charge in [0.25, 0.3) is 0 Å². The molecular formula is C11H23N3O. The minimum Gasteiger partial charge on any atom is -0.334 e. The number of unbranched alkanes of at least 4 members (excludes halogenated alkanes) is 1. The van der Waals surface area contributed by atoms with Crippen molar-refractivity contribution in [3.63, 3.8) is 0 Å². The Morgan fingerprint density at radius 2 is 2.40 bits per heavy atom. The van der Waals surface area contributed by atoms with E-state index in [2.05, 4.69) is 24.5 Å². The van der Waals surface area contributed by atoms with Gasteiger partial charge in [0, 0.05) is 25.2 Å². The summed E-state index contributed by atoms with van der Waals surface area (Å²) in [6.45, 7) is 9.03. The van der Waals surface area contributed by atoms with Gasteiger partial charge < -0.3 is 15.5 Å². The summed E-state index contributed by atoms with van der Waals surface area (Å²) in [6.07, 6.45) is 2.41. The molecule has 88 valence electrons. The van der Waals surface area contributed by atoms with Crippen LogP contribution in [0.15, 0.2) is 0 Å². The van der Waals surface area contributed by atoms with Crippen molar-refractivity contribution in [1.82, 2.24) is 15.5 Å². The highest BCUT2D eigenvalue weighted by Gasteiger charge is 2.26. The Hall–Kier alpha value is -0.770. The third-order valence-electron chi connectivity index (χ3n) is 2.67. The molecule has 0 aromatic carbocycles. The van der Waals surface area contributed by atoms with Crippen molar-refractivity contribution in [3.8, 4) is 0 Å². The van der Waals surface area contributed by atoms with Gasteiger partial charge in [-0.1, -0.05) is 13.3 Å². The van der Waals surface area contributed by atoms with Gasteiger partial charge in [-0.3, -0.25) is 0 Å². The molecule has 1 aliphatic rings. The lowest BCUT2D eigenvalue weighted by atomic mass is 10.2. The normalized spacial score (nSPS) is 23.0. The van der Waals surface area contributed by atoms with Crippen molar-refractivity contribution < 1.29 is 4.79 Å². The smallest absolute Gasteiger partial charge is 0.317 e. The number of urea groups is 1. The van der Waals surface area contributed by atoms with Crippen LogP contribution in [0.2, 0.25) is 0 Å². The van der Waals surface area contributed by atoms with Gasteiger partial charge in [0.05, 0.1) is 0 Å². The third kappa shape index (κ3) is 4.08. The summed E-state index contributed by atoms with van der Waals surface area (Å²) >= 11 is 0. The Morgan fingerprint density at radius 3 is 2.93 bits per heavy atom. The van der Waals surface area contributed by atoms with Crippen LogP contribution in [0.1, 0.15) is 33.6 Å². The largest absolute Gasteiger partial charge is 0.334 e. The van der Waals surface area contributed by atoms with Crippen LogP contribution in [0.3, 0.4) is 0 Å². The van der Waals surface area contributed by atoms with Crippen LogP contribution in [-0.2, 0) is 0 Å². The summed E-state index contributed by atoms with van der Waals surface area (Å²) in [5.74, 6) is 0. The minimum atomic E-state index is 0.0756. The molecule has 1 rings (SSSR count). The molecule has 1 heterocycles. The van der Waals surface area contributed by atoms with Gasteiger partial charge >= 0.3 is 6.03 Å². The average Bonchev–Trinajstić information content (AvgIpc) is 2.45. The minimum absolute atomic E-state index is 0.0756. The van der Waals surface area contributed by atoms with E-state index in [-0.39, 0.29) is 6.03 Å². The number of hydrogen-bond acceptors (Lipinski definition) is 2. The van der Waals surface area contributed by atoms with Crippen molar-refractivity contribution in [2.45, 2.75) is 45.7 Å². The molecule has 0 radical (unpaired) electrons. The van der Waals surface area contributed by atoms with Crippen molar-refractivity contribution in [1.29, 1.82) is 0 Å². The molecule has 0 aromatic heterocycles. The van der Waals surface area contributed by atoms with Crippen LogP contribution in [0.25, 0.3) is 0 Å². The Bertz CT molecular complexity index is 208. The molecule has 0 aromatic rings. The first-order valence-corrected chi connectivity index (χ1v) is 5.92. The van der Waals surface area contributed by atoms with Crippen molar-refractivity contribution in [2.24, 2.45) is 0 Å². The molecule has 2 N–H and O–H groups in total. The van der Waals surface area contributed by atoms with E-state index in [4.69, 9.17) is 0 Å². The number of nitrogens with one attached hydrogen (secondary N) is 2. The predicted molar refractivity (Wildman–Crippen MR) is 61.9 cm³/mol. The van der Waals surface area contributed by atoms with E-state index in [1.54, 1.807) is 0 Å². The highest BCUT2D eigenvalue weighted by Crippen LogP contribution is 2.04. The highest BCUT2D eigenvalue weighted by atomic mass is 16.2. The summed E-state index contributed by atoms with van der Waals surface area (Å²) in [4.78, 5) is 13.3. The molecule has 1 aliphatic heterocycles. The Labute approximate surface area is 92.4 Å². The zero-order valence-electron chi connectivity index (χ0n) is 10.0. The SMILES string of the molecule is CCCCNC(C)CN1CC(C)NC1=O. The van der Waals surface area contributed by atoms with Gasteiger partial charge in [0.1, 0.15) is 0 Å². The monoisotopic (exact) mass is 213 g/mol. The van der Waals surface area contributed by atoms with E-state index in [1.807, 2.05) is 11.8 Å². The highest BCUT2D eigenvalue weighted by molar-refractivity contribution is 5.76. The van der Waals surface area contributed by atoms with Gasteiger partial charge in [-0.15, -0.1) is 0 Å². The first-order valence-electron chi connectivity index (χ1n) is 5.92. The summed E-state index contributed by atoms with van der Waals surface area (Å²) in [6, 6.07) is 0.750. The van der Waals surface area contributed by atoms with Gasteiger partial charge in [-0.05, 0) is 26.8 Å². The second kappa shape index (κ2) is 5.95. The maximum absolute atomic E-state index is 11.4. The molecule has 0 spiro atoms. The zero-order valence-corrected chi connectivity index (χ0v) is 10.0. The van der Waals surface area contributed by atoms with E-state index in [0.717, 1.165) is 19.6 Å². The Morgan fingerprint density at radius 1 is 1.67 bits per heavy atom. The molecule has 2 unspecified atom stereocenters. The van der Waals surface area contributed by atoms with E-state index >= 15 is 0 Å². The number of rotatable bonds is 6. The summed E-state index contributed by atoms with van der Waals surface area (Å²) < 4.78 is 0. The zero-order chi connectivity index (χ0) is 11.3. The molecule has 4 heteroatoms. The Balaban J connectivity index is 2.19. The molecule has 4 nitrogen and oxygen atoms in total. The van der Waals surface area contributed by atoms with Crippen LogP contribution in [0, 0.1) is 0 Å². The van der Waals surface area contributed by atoms with Crippen molar-refractivity contribution in [3.05, 3.63) is 0 Å². The van der Waals surface area contributed by atoms with Gasteiger partial charge in [-0.25, -0.2) is 4.79 Å². The number of carbonyl (C=O) groups is 1. The second-order valence-electron chi connectivity index (χ2n) is 4.46. The first kappa shape index (κ1) is 12.3. The fraction of sp³-hybridized carbons (Fsp3) is 0.909. The number of hydrogen-bond donors (Lipinski definition) is 2. The molecule has 1 saturated heterocycles. The number of carbonyl (C=O) groups excluding carboxylic acids is 1. The van der Waals surface area contributed by atoms with Crippen LogP contribution < -0.4 is 10.6 Å². The van der Waals surface area contributed by atoms with E-state index in [1.165, 1.54) is 12.8 Å². The number of nitrogens with zero attached hydrogens (tertiary/aromatic N) is 1. The lowest BCUT2D eigenvalue weighted by molar-refractivity contribution is 0.212. The Kier molecular flexibility index (Phi) is 4.88. The molecule has 0 aliphatic carbocycles. The molecule has 15 heavy (non-hydrogen) atoms. The second-order valence-corrected chi connectivity index (χ2v) is 4.46. The predicted octanol–water partition coefficient (Wildman–Crippen LogP) is 1.18. The summed E-state index contributed by atoms with van der Waals surface area (Å²) in [5, 5.41) is 6.32. The molecule has 0 saturated carbocycles. The summed E-state index contributed by atoms with van der Waals surface area (Å²) in [7, 11) is 0. The molecule has 1 fully saturated rings. The molecule has 2 atom stereocenters. The topological polar surface area (TPSA) is 44.4 Å². The van der Waals surface area contributed by atoms with Crippen LogP contribution >= 0.6 is 0 Å².